The number of Topliss-reactive ketones (excluding diaryl/α,β-unsaturated/α-hetero) is 1. The molecule has 0 saturated heterocycles. The standard InChI is InChI=1S/C22H20O4/c1-16(23)19-12-13-20(25-14-17-8-4-2-5-9-17)22(21(19)24)26-15-18-10-6-3-7-11-18/h2-13,24H,14-15H2,1H3. The summed E-state index contributed by atoms with van der Waals surface area (Å²) in [6.45, 7) is 2.00. The Kier molecular flexibility index (Phi) is 5.54. The molecule has 0 aliphatic rings. The van der Waals surface area contributed by atoms with E-state index in [2.05, 4.69) is 0 Å². The average molecular weight is 348 g/mol. The minimum atomic E-state index is -0.235. The second kappa shape index (κ2) is 8.21. The van der Waals surface area contributed by atoms with Crippen LogP contribution in [0.5, 0.6) is 17.2 Å². The van der Waals surface area contributed by atoms with Crippen LogP contribution in [0.1, 0.15) is 28.4 Å². The predicted molar refractivity (Wildman–Crippen MR) is 99.7 cm³/mol. The van der Waals surface area contributed by atoms with Gasteiger partial charge < -0.3 is 14.6 Å². The number of ether oxygens (including phenoxy) is 2. The number of carbonyl (C=O) groups excluding carboxylic acids is 1. The maximum absolute atomic E-state index is 11.7. The molecule has 0 amide bonds. The number of carbonyl (C=O) groups is 1. The first-order chi connectivity index (χ1) is 12.6. The van der Waals surface area contributed by atoms with E-state index >= 15 is 0 Å². The highest BCUT2D eigenvalue weighted by atomic mass is 16.5. The number of benzene rings is 3. The Labute approximate surface area is 152 Å². The van der Waals surface area contributed by atoms with E-state index in [4.69, 9.17) is 9.47 Å². The van der Waals surface area contributed by atoms with Gasteiger partial charge in [-0.15, -0.1) is 0 Å². The van der Waals surface area contributed by atoms with Crippen molar-refractivity contribution >= 4 is 5.78 Å². The third-order valence-corrected chi connectivity index (χ3v) is 3.94. The molecule has 1 N–H and O–H groups in total. The monoisotopic (exact) mass is 348 g/mol. The summed E-state index contributed by atoms with van der Waals surface area (Å²) >= 11 is 0. The molecule has 0 aliphatic heterocycles. The van der Waals surface area contributed by atoms with Gasteiger partial charge >= 0.3 is 0 Å². The molecule has 0 saturated carbocycles. The molecular weight excluding hydrogens is 328 g/mol. The summed E-state index contributed by atoms with van der Waals surface area (Å²) in [5, 5.41) is 10.5. The average Bonchev–Trinajstić information content (AvgIpc) is 2.67. The van der Waals surface area contributed by atoms with Crippen molar-refractivity contribution in [1.82, 2.24) is 0 Å². The van der Waals surface area contributed by atoms with Crippen LogP contribution >= 0.6 is 0 Å². The van der Waals surface area contributed by atoms with Gasteiger partial charge in [-0.2, -0.15) is 0 Å². The van der Waals surface area contributed by atoms with Gasteiger partial charge in [0.25, 0.3) is 0 Å². The lowest BCUT2D eigenvalue weighted by atomic mass is 10.1. The van der Waals surface area contributed by atoms with Crippen LogP contribution in [0.3, 0.4) is 0 Å². The van der Waals surface area contributed by atoms with Crippen molar-refractivity contribution in [1.29, 1.82) is 0 Å². The molecule has 0 radical (unpaired) electrons. The Morgan fingerprint density at radius 2 is 1.35 bits per heavy atom. The van der Waals surface area contributed by atoms with Gasteiger partial charge in [0.05, 0.1) is 5.56 Å². The number of phenolic OH excluding ortho intramolecular Hbond substituents is 1. The second-order valence-electron chi connectivity index (χ2n) is 5.89. The Balaban J connectivity index is 1.84. The Hall–Kier alpha value is -3.27. The van der Waals surface area contributed by atoms with Gasteiger partial charge in [-0.3, -0.25) is 4.79 Å². The molecule has 0 unspecified atom stereocenters. The summed E-state index contributed by atoms with van der Waals surface area (Å²) in [5.41, 5.74) is 2.16. The number of phenols is 1. The fourth-order valence-electron chi connectivity index (χ4n) is 2.55. The molecule has 132 valence electrons. The van der Waals surface area contributed by atoms with Gasteiger partial charge in [0.15, 0.2) is 17.3 Å². The van der Waals surface area contributed by atoms with Crippen molar-refractivity contribution in [3.05, 3.63) is 89.5 Å². The number of hydrogen-bond donors (Lipinski definition) is 1. The molecule has 0 fully saturated rings. The number of hydrogen-bond acceptors (Lipinski definition) is 4. The molecule has 0 aliphatic carbocycles. The molecule has 0 aromatic heterocycles. The molecule has 3 aromatic rings. The summed E-state index contributed by atoms with van der Waals surface area (Å²) in [7, 11) is 0. The minimum absolute atomic E-state index is 0.178. The van der Waals surface area contributed by atoms with Crippen molar-refractivity contribution < 1.29 is 19.4 Å². The summed E-state index contributed by atoms with van der Waals surface area (Å²) in [6.07, 6.45) is 0. The van der Waals surface area contributed by atoms with Crippen LogP contribution in [0.4, 0.5) is 0 Å². The van der Waals surface area contributed by atoms with E-state index in [9.17, 15) is 9.90 Å². The van der Waals surface area contributed by atoms with E-state index in [0.717, 1.165) is 11.1 Å². The smallest absolute Gasteiger partial charge is 0.204 e. The first-order valence-corrected chi connectivity index (χ1v) is 8.35. The minimum Gasteiger partial charge on any atom is -0.504 e. The molecule has 0 atom stereocenters. The third kappa shape index (κ3) is 4.22. The molecule has 4 nitrogen and oxygen atoms in total. The van der Waals surface area contributed by atoms with Crippen molar-refractivity contribution in [2.75, 3.05) is 0 Å². The van der Waals surface area contributed by atoms with Crippen LogP contribution < -0.4 is 9.47 Å². The highest BCUT2D eigenvalue weighted by Crippen LogP contribution is 2.40. The van der Waals surface area contributed by atoms with E-state index in [1.54, 1.807) is 12.1 Å². The largest absolute Gasteiger partial charge is 0.504 e. The normalized spacial score (nSPS) is 10.3. The van der Waals surface area contributed by atoms with Gasteiger partial charge in [-0.25, -0.2) is 0 Å². The molecular formula is C22H20O4. The van der Waals surface area contributed by atoms with Crippen LogP contribution in [-0.2, 0) is 13.2 Å². The first-order valence-electron chi connectivity index (χ1n) is 8.35. The van der Waals surface area contributed by atoms with Gasteiger partial charge in [0, 0.05) is 0 Å². The lowest BCUT2D eigenvalue weighted by Gasteiger charge is -2.16. The summed E-state index contributed by atoms with van der Waals surface area (Å²) in [6, 6.07) is 22.5. The van der Waals surface area contributed by atoms with E-state index in [0.29, 0.717) is 12.4 Å². The molecule has 3 aromatic carbocycles. The lowest BCUT2D eigenvalue weighted by Crippen LogP contribution is -2.03. The second-order valence-corrected chi connectivity index (χ2v) is 5.89. The molecule has 26 heavy (non-hydrogen) atoms. The van der Waals surface area contributed by atoms with E-state index in [1.807, 2.05) is 60.7 Å². The molecule has 0 bridgehead atoms. The quantitative estimate of drug-likeness (QED) is 0.626. The van der Waals surface area contributed by atoms with Crippen molar-refractivity contribution in [3.63, 3.8) is 0 Å². The van der Waals surface area contributed by atoms with Crippen LogP contribution in [0.15, 0.2) is 72.8 Å². The van der Waals surface area contributed by atoms with Crippen LogP contribution in [0.25, 0.3) is 0 Å². The van der Waals surface area contributed by atoms with Crippen molar-refractivity contribution in [2.24, 2.45) is 0 Å². The Bertz CT molecular complexity index is 873. The van der Waals surface area contributed by atoms with Crippen molar-refractivity contribution in [2.45, 2.75) is 20.1 Å². The van der Waals surface area contributed by atoms with Crippen LogP contribution in [0, 0.1) is 0 Å². The summed E-state index contributed by atoms with van der Waals surface area (Å²) < 4.78 is 11.6. The predicted octanol–water partition coefficient (Wildman–Crippen LogP) is 4.75. The fraction of sp³-hybridized carbons (Fsp3) is 0.136. The zero-order chi connectivity index (χ0) is 18.4. The van der Waals surface area contributed by atoms with E-state index in [-0.39, 0.29) is 29.5 Å². The van der Waals surface area contributed by atoms with E-state index < -0.39 is 0 Å². The highest BCUT2D eigenvalue weighted by Gasteiger charge is 2.18. The van der Waals surface area contributed by atoms with Crippen LogP contribution in [-0.4, -0.2) is 10.9 Å². The summed E-state index contributed by atoms with van der Waals surface area (Å²) in [4.78, 5) is 11.7. The number of rotatable bonds is 7. The lowest BCUT2D eigenvalue weighted by molar-refractivity contribution is 0.101. The summed E-state index contributed by atoms with van der Waals surface area (Å²) in [5.74, 6) is 0.144. The van der Waals surface area contributed by atoms with Gasteiger partial charge in [0.2, 0.25) is 5.75 Å². The molecule has 4 heteroatoms. The Morgan fingerprint density at radius 3 is 1.88 bits per heavy atom. The topological polar surface area (TPSA) is 55.8 Å². The first kappa shape index (κ1) is 17.5. The highest BCUT2D eigenvalue weighted by molar-refractivity contribution is 5.98. The molecule has 3 rings (SSSR count). The van der Waals surface area contributed by atoms with Crippen molar-refractivity contribution in [3.8, 4) is 17.2 Å². The molecule has 0 heterocycles. The van der Waals surface area contributed by atoms with Gasteiger partial charge in [-0.1, -0.05) is 60.7 Å². The zero-order valence-corrected chi connectivity index (χ0v) is 14.5. The zero-order valence-electron chi connectivity index (χ0n) is 14.5. The Morgan fingerprint density at radius 1 is 0.808 bits per heavy atom. The third-order valence-electron chi connectivity index (χ3n) is 3.94. The fourth-order valence-corrected chi connectivity index (χ4v) is 2.55. The van der Waals surface area contributed by atoms with Gasteiger partial charge in [0.1, 0.15) is 13.2 Å². The maximum atomic E-state index is 11.7. The SMILES string of the molecule is CC(=O)c1ccc(OCc2ccccc2)c(OCc2ccccc2)c1O. The van der Waals surface area contributed by atoms with E-state index in [1.165, 1.54) is 6.92 Å². The molecule has 0 spiro atoms. The van der Waals surface area contributed by atoms with Gasteiger partial charge in [-0.05, 0) is 30.2 Å². The maximum Gasteiger partial charge on any atom is 0.204 e. The van der Waals surface area contributed by atoms with Crippen LogP contribution in [0.2, 0.25) is 0 Å². The number of ketones is 1. The number of aromatic hydroxyl groups is 1.